The lowest BCUT2D eigenvalue weighted by Gasteiger charge is -1.95. The molecule has 0 amide bonds. The van der Waals surface area contributed by atoms with Crippen LogP contribution in [0.25, 0.3) is 0 Å². The molecule has 0 spiro atoms. The summed E-state index contributed by atoms with van der Waals surface area (Å²) in [5.41, 5.74) is 0. The van der Waals surface area contributed by atoms with Crippen LogP contribution >= 0.6 is 23.4 Å². The first-order valence-corrected chi connectivity index (χ1v) is 5.38. The van der Waals surface area contributed by atoms with Gasteiger partial charge in [0.05, 0.1) is 25.7 Å². The van der Waals surface area contributed by atoms with Gasteiger partial charge in [-0.3, -0.25) is 4.79 Å². The van der Waals surface area contributed by atoms with Crippen LogP contribution in [0.2, 0.25) is 0 Å². The number of ketones is 1. The zero-order valence-electron chi connectivity index (χ0n) is 8.04. The van der Waals surface area contributed by atoms with Gasteiger partial charge in [-0.05, 0) is 11.8 Å². The van der Waals surface area contributed by atoms with Crippen LogP contribution in [0.4, 0.5) is 0 Å². The van der Waals surface area contributed by atoms with Crippen molar-refractivity contribution in [2.45, 2.75) is 5.16 Å². The number of hydrogen-bond donors (Lipinski definition) is 0. The smallest absolute Gasteiger partial charge is 0.317 e. The van der Waals surface area contributed by atoms with Gasteiger partial charge in [0.15, 0.2) is 5.78 Å². The fraction of sp³-hybridized carbons (Fsp3) is 0.500. The van der Waals surface area contributed by atoms with E-state index < -0.39 is 0 Å². The number of hydrogen-bond acceptors (Lipinski definition) is 2. The third-order valence-electron chi connectivity index (χ3n) is 1.63. The summed E-state index contributed by atoms with van der Waals surface area (Å²) < 4.78 is 3.96. The van der Waals surface area contributed by atoms with Gasteiger partial charge in [0.25, 0.3) is 0 Å². The second kappa shape index (κ2) is 6.32. The molecule has 1 aromatic rings. The minimum absolute atomic E-state index is 0. The highest BCUT2D eigenvalue weighted by Crippen LogP contribution is 2.12. The lowest BCUT2D eigenvalue weighted by atomic mass is 10.5. The van der Waals surface area contributed by atoms with Crippen molar-refractivity contribution in [2.75, 3.05) is 11.6 Å². The molecule has 3 nitrogen and oxygen atoms in total. The van der Waals surface area contributed by atoms with E-state index in [1.165, 1.54) is 11.8 Å². The molecule has 1 heterocycles. The Bertz CT molecular complexity index is 295. The number of thioether (sulfide) groups is 1. The molecular weight excluding hydrogens is 243 g/mol. The molecule has 1 aromatic heterocycles. The van der Waals surface area contributed by atoms with Gasteiger partial charge in [-0.25, -0.2) is 9.13 Å². The first-order valence-electron chi connectivity index (χ1n) is 3.86. The van der Waals surface area contributed by atoms with Crippen LogP contribution in [-0.4, -0.2) is 22.0 Å². The number of carbonyl (C=O) groups excluding carboxylic acids is 1. The van der Waals surface area contributed by atoms with Gasteiger partial charge >= 0.3 is 5.16 Å². The molecule has 0 aliphatic rings. The molecule has 0 radical (unpaired) electrons. The maximum Gasteiger partial charge on any atom is 0.317 e. The molecule has 80 valence electrons. The molecule has 0 N–H and O–H groups in total. The number of carbonyl (C=O) groups is 1. The van der Waals surface area contributed by atoms with Crippen molar-refractivity contribution in [2.24, 2.45) is 14.1 Å². The van der Waals surface area contributed by atoms with Crippen LogP contribution in [0.15, 0.2) is 17.6 Å². The number of halogens is 2. The highest BCUT2D eigenvalue weighted by molar-refractivity contribution is 7.99. The molecule has 0 bridgehead atoms. The predicted molar refractivity (Wildman–Crippen MR) is 53.0 cm³/mol. The van der Waals surface area contributed by atoms with Gasteiger partial charge in [0.1, 0.15) is 12.4 Å². The molecule has 0 atom stereocenters. The fourth-order valence-electron chi connectivity index (χ4n) is 0.964. The maximum absolute atomic E-state index is 11.0. The molecule has 6 heteroatoms. The van der Waals surface area contributed by atoms with Gasteiger partial charge in [0, 0.05) is 0 Å². The summed E-state index contributed by atoms with van der Waals surface area (Å²) in [6.45, 7) is 0. The summed E-state index contributed by atoms with van der Waals surface area (Å²) in [4.78, 5) is 11.0. The molecule has 0 unspecified atom stereocenters. The number of imidazole rings is 1. The van der Waals surface area contributed by atoms with Crippen LogP contribution in [0.5, 0.6) is 0 Å². The highest BCUT2D eigenvalue weighted by Gasteiger charge is 2.13. The minimum atomic E-state index is 0. The SMILES string of the molecule is Cn1cc[n+](C)c1SCC(=O)CCl.[Cl-]. The standard InChI is InChI=1S/C8H12ClN2OS.ClH/c1-10-3-4-11(2)8(10)13-6-7(12)5-9;/h3-4H,5-6H2,1-2H3;1H/q+1;/p-1. The number of Topliss-reactive ketones (excluding diaryl/α,β-unsaturated/α-hetero) is 1. The van der Waals surface area contributed by atoms with Gasteiger partial charge in [-0.2, -0.15) is 0 Å². The van der Waals surface area contributed by atoms with E-state index in [9.17, 15) is 4.79 Å². The Hall–Kier alpha value is -0.190. The summed E-state index contributed by atoms with van der Waals surface area (Å²) in [6, 6.07) is 0. The van der Waals surface area contributed by atoms with E-state index in [0.717, 1.165) is 5.16 Å². The van der Waals surface area contributed by atoms with Crippen molar-refractivity contribution in [1.29, 1.82) is 0 Å². The summed E-state index contributed by atoms with van der Waals surface area (Å²) in [6.07, 6.45) is 3.90. The van der Waals surface area contributed by atoms with E-state index in [0.29, 0.717) is 5.75 Å². The molecule has 0 saturated heterocycles. The van der Waals surface area contributed by atoms with Gasteiger partial charge in [-0.1, -0.05) is 0 Å². The Morgan fingerprint density at radius 3 is 2.79 bits per heavy atom. The lowest BCUT2D eigenvalue weighted by Crippen LogP contribution is -3.00. The molecule has 0 aromatic carbocycles. The van der Waals surface area contributed by atoms with Gasteiger partial charge < -0.3 is 12.4 Å². The molecule has 0 fully saturated rings. The fourth-order valence-corrected chi connectivity index (χ4v) is 2.09. The van der Waals surface area contributed by atoms with Crippen LogP contribution in [0, 0.1) is 0 Å². The van der Waals surface area contributed by atoms with Crippen molar-refractivity contribution in [3.8, 4) is 0 Å². The Morgan fingerprint density at radius 1 is 1.71 bits per heavy atom. The van der Waals surface area contributed by atoms with E-state index in [1.807, 2.05) is 35.6 Å². The monoisotopic (exact) mass is 254 g/mol. The summed E-state index contributed by atoms with van der Waals surface area (Å²) in [5, 5.41) is 1.05. The van der Waals surface area contributed by atoms with Crippen molar-refractivity contribution in [3.05, 3.63) is 12.4 Å². The van der Waals surface area contributed by atoms with E-state index in [4.69, 9.17) is 11.6 Å². The van der Waals surface area contributed by atoms with Crippen molar-refractivity contribution >= 4 is 29.1 Å². The topological polar surface area (TPSA) is 25.9 Å². The third kappa shape index (κ3) is 3.52. The molecule has 0 saturated carbocycles. The number of alkyl halides is 1. The largest absolute Gasteiger partial charge is 1.00 e. The number of rotatable bonds is 4. The normalized spacial score (nSPS) is 9.64. The minimum Gasteiger partial charge on any atom is -1.00 e. The van der Waals surface area contributed by atoms with Gasteiger partial charge in [-0.15, -0.1) is 11.6 Å². The van der Waals surface area contributed by atoms with Gasteiger partial charge in [0.2, 0.25) is 0 Å². The van der Waals surface area contributed by atoms with Crippen LogP contribution < -0.4 is 17.0 Å². The third-order valence-corrected chi connectivity index (χ3v) is 3.23. The summed E-state index contributed by atoms with van der Waals surface area (Å²) in [7, 11) is 3.90. The summed E-state index contributed by atoms with van der Waals surface area (Å²) >= 11 is 6.90. The lowest BCUT2D eigenvalue weighted by molar-refractivity contribution is -0.709. The van der Waals surface area contributed by atoms with Crippen molar-refractivity contribution < 1.29 is 21.8 Å². The Balaban J connectivity index is 0.00000169. The molecule has 0 aliphatic heterocycles. The van der Waals surface area contributed by atoms with Crippen molar-refractivity contribution in [3.63, 3.8) is 0 Å². The zero-order chi connectivity index (χ0) is 9.84. The quantitative estimate of drug-likeness (QED) is 0.345. The van der Waals surface area contributed by atoms with E-state index in [-0.39, 0.29) is 24.1 Å². The van der Waals surface area contributed by atoms with Crippen LogP contribution in [0.1, 0.15) is 0 Å². The molecule has 1 rings (SSSR count). The zero-order valence-corrected chi connectivity index (χ0v) is 10.4. The first kappa shape index (κ1) is 13.8. The number of aromatic nitrogens is 2. The Kier molecular flexibility index (Phi) is 6.24. The second-order valence-electron chi connectivity index (χ2n) is 2.76. The highest BCUT2D eigenvalue weighted by atomic mass is 35.5. The van der Waals surface area contributed by atoms with Crippen molar-refractivity contribution in [1.82, 2.24) is 4.57 Å². The van der Waals surface area contributed by atoms with E-state index in [2.05, 4.69) is 0 Å². The van der Waals surface area contributed by atoms with E-state index >= 15 is 0 Å². The average Bonchev–Trinajstić information content (AvgIpc) is 2.43. The first-order chi connectivity index (χ1) is 6.15. The molecule has 14 heavy (non-hydrogen) atoms. The predicted octanol–water partition coefficient (Wildman–Crippen LogP) is -2.25. The molecule has 0 aliphatic carbocycles. The van der Waals surface area contributed by atoms with E-state index in [1.54, 1.807) is 0 Å². The number of aryl methyl sites for hydroxylation is 2. The molecular formula is C8H12Cl2N2OS. The summed E-state index contributed by atoms with van der Waals surface area (Å²) in [5.74, 6) is 0.601. The number of nitrogens with zero attached hydrogens (tertiary/aromatic N) is 2. The van der Waals surface area contributed by atoms with Crippen LogP contribution in [0.3, 0.4) is 0 Å². The van der Waals surface area contributed by atoms with Crippen LogP contribution in [-0.2, 0) is 18.9 Å². The maximum atomic E-state index is 11.0. The Labute approximate surface area is 98.8 Å². The Morgan fingerprint density at radius 2 is 2.36 bits per heavy atom. The average molecular weight is 255 g/mol. The second-order valence-corrected chi connectivity index (χ2v) is 3.97.